The minimum atomic E-state index is -4.09. The number of hydrogen-bond donors (Lipinski definition) is 3. The zero-order valence-corrected chi connectivity index (χ0v) is 12.4. The molecule has 1 heterocycles. The fourth-order valence-electron chi connectivity index (χ4n) is 1.66. The Bertz CT molecular complexity index is 579. The van der Waals surface area contributed by atoms with Crippen LogP contribution >= 0.6 is 0 Å². The Balaban J connectivity index is 3.04. The Morgan fingerprint density at radius 3 is 2.60 bits per heavy atom. The maximum absolute atomic E-state index is 12.1. The molecule has 20 heavy (non-hydrogen) atoms. The number of aliphatic hydroxyl groups excluding tert-OH is 1. The van der Waals surface area contributed by atoms with Crippen LogP contribution < -0.4 is 4.72 Å². The minimum absolute atomic E-state index is 0.254. The van der Waals surface area contributed by atoms with Gasteiger partial charge in [-0.05, 0) is 20.3 Å². The number of sulfonamides is 1. The summed E-state index contributed by atoms with van der Waals surface area (Å²) in [6.45, 7) is 5.42. The molecule has 0 unspecified atom stereocenters. The summed E-state index contributed by atoms with van der Waals surface area (Å²) in [6, 6.07) is -1.61. The van der Waals surface area contributed by atoms with Gasteiger partial charge in [0.15, 0.2) is 5.03 Å². The highest BCUT2D eigenvalue weighted by Gasteiger charge is 2.30. The predicted molar refractivity (Wildman–Crippen MR) is 70.7 cm³/mol. The van der Waals surface area contributed by atoms with Crippen LogP contribution in [-0.4, -0.2) is 46.3 Å². The molecular formula is C11H19N3O5S. The standard InChI is InChI=1S/C11H19N3O5S/c1-4-5-14-6-9(12-8(14)3)20(18,19)13-10(7(2)15)11(16)17/h6-7,10,13,15H,4-5H2,1-3H3,(H,16,17)/t7-,10+/m1/s1. The second kappa shape index (κ2) is 6.33. The van der Waals surface area contributed by atoms with Crippen molar-refractivity contribution in [3.05, 3.63) is 12.0 Å². The Labute approximate surface area is 117 Å². The lowest BCUT2D eigenvalue weighted by Crippen LogP contribution is -2.47. The third-order valence-electron chi connectivity index (χ3n) is 2.72. The van der Waals surface area contributed by atoms with E-state index < -0.39 is 28.1 Å². The fraction of sp³-hybridized carbons (Fsp3) is 0.636. The van der Waals surface area contributed by atoms with Crippen LogP contribution in [0.4, 0.5) is 0 Å². The Hall–Kier alpha value is -1.45. The molecule has 0 bridgehead atoms. The van der Waals surface area contributed by atoms with Crippen molar-refractivity contribution < 1.29 is 23.4 Å². The predicted octanol–water partition coefficient (Wildman–Crippen LogP) is -0.286. The van der Waals surface area contributed by atoms with Crippen molar-refractivity contribution in [2.45, 2.75) is 50.9 Å². The molecule has 0 saturated carbocycles. The zero-order valence-electron chi connectivity index (χ0n) is 11.6. The molecule has 0 aliphatic rings. The van der Waals surface area contributed by atoms with Crippen LogP contribution in [-0.2, 0) is 21.4 Å². The van der Waals surface area contributed by atoms with E-state index in [2.05, 4.69) is 4.98 Å². The SMILES string of the molecule is CCCn1cc(S(=O)(=O)N[C@H](C(=O)O)[C@@H](C)O)nc1C. The fourth-order valence-corrected chi connectivity index (χ4v) is 2.93. The van der Waals surface area contributed by atoms with Crippen molar-refractivity contribution >= 4 is 16.0 Å². The molecule has 0 fully saturated rings. The van der Waals surface area contributed by atoms with Gasteiger partial charge < -0.3 is 14.8 Å². The number of hydrogen-bond acceptors (Lipinski definition) is 5. The summed E-state index contributed by atoms with van der Waals surface area (Å²) in [4.78, 5) is 14.8. The van der Waals surface area contributed by atoms with Gasteiger partial charge in [0.05, 0.1) is 6.10 Å². The van der Waals surface area contributed by atoms with E-state index >= 15 is 0 Å². The summed E-state index contributed by atoms with van der Waals surface area (Å²) in [5, 5.41) is 17.9. The van der Waals surface area contributed by atoms with E-state index in [-0.39, 0.29) is 5.03 Å². The van der Waals surface area contributed by atoms with Gasteiger partial charge in [-0.1, -0.05) is 6.92 Å². The molecule has 0 spiro atoms. The number of nitrogens with one attached hydrogen (secondary N) is 1. The van der Waals surface area contributed by atoms with Gasteiger partial charge in [-0.3, -0.25) is 4.79 Å². The summed E-state index contributed by atoms with van der Waals surface area (Å²) in [5.74, 6) is -0.926. The van der Waals surface area contributed by atoms with Crippen LogP contribution in [0.15, 0.2) is 11.2 Å². The van der Waals surface area contributed by atoms with Crippen LogP contribution in [0.25, 0.3) is 0 Å². The molecule has 9 heteroatoms. The van der Waals surface area contributed by atoms with Crippen molar-refractivity contribution in [3.8, 4) is 0 Å². The van der Waals surface area contributed by atoms with Gasteiger partial charge in [0, 0.05) is 12.7 Å². The van der Waals surface area contributed by atoms with Crippen molar-refractivity contribution in [1.29, 1.82) is 0 Å². The molecule has 0 aliphatic heterocycles. The first kappa shape index (κ1) is 16.6. The molecule has 0 aromatic carbocycles. The molecule has 2 atom stereocenters. The largest absolute Gasteiger partial charge is 0.480 e. The number of rotatable bonds is 7. The summed E-state index contributed by atoms with van der Waals surface area (Å²) in [6.07, 6.45) is 0.804. The lowest BCUT2D eigenvalue weighted by molar-refractivity contribution is -0.141. The van der Waals surface area contributed by atoms with Gasteiger partial charge in [-0.2, -0.15) is 4.72 Å². The molecule has 0 saturated heterocycles. The number of aliphatic carboxylic acids is 1. The highest BCUT2D eigenvalue weighted by atomic mass is 32.2. The third-order valence-corrected chi connectivity index (χ3v) is 4.04. The first-order chi connectivity index (χ1) is 9.19. The maximum Gasteiger partial charge on any atom is 0.324 e. The number of carboxylic acids is 1. The molecule has 0 amide bonds. The summed E-state index contributed by atoms with van der Waals surface area (Å²) in [7, 11) is -4.09. The molecular weight excluding hydrogens is 286 g/mol. The maximum atomic E-state index is 12.1. The molecule has 0 radical (unpaired) electrons. The van der Waals surface area contributed by atoms with Crippen molar-refractivity contribution in [1.82, 2.24) is 14.3 Å². The summed E-state index contributed by atoms with van der Waals surface area (Å²) < 4.78 is 27.7. The van der Waals surface area contributed by atoms with Crippen LogP contribution in [0.5, 0.6) is 0 Å². The van der Waals surface area contributed by atoms with Gasteiger partial charge >= 0.3 is 5.97 Å². The van der Waals surface area contributed by atoms with E-state index in [1.165, 1.54) is 13.1 Å². The Morgan fingerprint density at radius 2 is 2.15 bits per heavy atom. The smallest absolute Gasteiger partial charge is 0.324 e. The van der Waals surface area contributed by atoms with Crippen LogP contribution in [0.3, 0.4) is 0 Å². The average Bonchev–Trinajstić information content (AvgIpc) is 2.69. The summed E-state index contributed by atoms with van der Waals surface area (Å²) in [5.41, 5.74) is 0. The number of nitrogens with zero attached hydrogens (tertiary/aromatic N) is 2. The zero-order chi connectivity index (χ0) is 15.5. The van der Waals surface area contributed by atoms with Gasteiger partial charge in [0.2, 0.25) is 0 Å². The second-order valence-electron chi connectivity index (χ2n) is 4.50. The lowest BCUT2D eigenvalue weighted by Gasteiger charge is -2.16. The van der Waals surface area contributed by atoms with E-state index in [1.807, 2.05) is 11.6 Å². The number of aliphatic hydroxyl groups is 1. The molecule has 114 valence electrons. The molecule has 1 rings (SSSR count). The number of aryl methyl sites for hydroxylation is 2. The Kier molecular flexibility index (Phi) is 5.26. The highest BCUT2D eigenvalue weighted by Crippen LogP contribution is 2.11. The van der Waals surface area contributed by atoms with Crippen molar-refractivity contribution in [2.24, 2.45) is 0 Å². The third kappa shape index (κ3) is 3.78. The second-order valence-corrected chi connectivity index (χ2v) is 6.16. The average molecular weight is 305 g/mol. The van der Waals surface area contributed by atoms with E-state index in [4.69, 9.17) is 5.11 Å². The first-order valence-corrected chi connectivity index (χ1v) is 7.64. The lowest BCUT2D eigenvalue weighted by atomic mass is 10.2. The molecule has 1 aromatic rings. The van der Waals surface area contributed by atoms with Crippen LogP contribution in [0.2, 0.25) is 0 Å². The Morgan fingerprint density at radius 1 is 1.55 bits per heavy atom. The van der Waals surface area contributed by atoms with Gasteiger partial charge in [-0.15, -0.1) is 0 Å². The molecule has 0 aliphatic carbocycles. The van der Waals surface area contributed by atoms with Gasteiger partial charge in [-0.25, -0.2) is 13.4 Å². The quantitative estimate of drug-likeness (QED) is 0.636. The molecule has 1 aromatic heterocycles. The minimum Gasteiger partial charge on any atom is -0.480 e. The van der Waals surface area contributed by atoms with E-state index in [0.717, 1.165) is 6.42 Å². The number of carboxylic acid groups (broad SMARTS) is 1. The van der Waals surface area contributed by atoms with E-state index in [0.29, 0.717) is 12.4 Å². The van der Waals surface area contributed by atoms with Crippen molar-refractivity contribution in [3.63, 3.8) is 0 Å². The van der Waals surface area contributed by atoms with Crippen LogP contribution in [0.1, 0.15) is 26.1 Å². The van der Waals surface area contributed by atoms with Crippen molar-refractivity contribution in [2.75, 3.05) is 0 Å². The number of carbonyl (C=O) groups is 1. The number of aromatic nitrogens is 2. The van der Waals surface area contributed by atoms with E-state index in [9.17, 15) is 18.3 Å². The highest BCUT2D eigenvalue weighted by molar-refractivity contribution is 7.89. The first-order valence-electron chi connectivity index (χ1n) is 6.16. The summed E-state index contributed by atoms with van der Waals surface area (Å²) >= 11 is 0. The molecule has 3 N–H and O–H groups in total. The molecule has 8 nitrogen and oxygen atoms in total. The van der Waals surface area contributed by atoms with Gasteiger partial charge in [0.1, 0.15) is 11.9 Å². The van der Waals surface area contributed by atoms with Gasteiger partial charge in [0.25, 0.3) is 10.0 Å². The van der Waals surface area contributed by atoms with E-state index in [1.54, 1.807) is 11.5 Å². The van der Waals surface area contributed by atoms with Crippen LogP contribution in [0, 0.1) is 6.92 Å². The normalized spacial score (nSPS) is 15.0. The number of imidazole rings is 1. The monoisotopic (exact) mass is 305 g/mol. The topological polar surface area (TPSA) is 122 Å².